The van der Waals surface area contributed by atoms with Crippen molar-refractivity contribution in [1.29, 1.82) is 5.41 Å². The Balaban J connectivity index is 1.95. The number of nitrogen functional groups attached to an aromatic ring is 1. The van der Waals surface area contributed by atoms with Crippen molar-refractivity contribution in [2.24, 2.45) is 12.8 Å². The number of aryl methyl sites for hydroxylation is 1. The van der Waals surface area contributed by atoms with E-state index >= 15 is 0 Å². The summed E-state index contributed by atoms with van der Waals surface area (Å²) in [6.07, 6.45) is 1.09. The topological polar surface area (TPSA) is 119 Å². The largest absolute Gasteiger partial charge is 0.398 e. The van der Waals surface area contributed by atoms with E-state index in [4.69, 9.17) is 28.5 Å². The lowest BCUT2D eigenvalue weighted by atomic mass is 10.1. The van der Waals surface area contributed by atoms with Gasteiger partial charge < -0.3 is 22.2 Å². The number of benzene rings is 2. The van der Waals surface area contributed by atoms with Gasteiger partial charge in [-0.3, -0.25) is 0 Å². The second kappa shape index (κ2) is 7.11. The minimum Gasteiger partial charge on any atom is -0.398 e. The molecule has 0 unspecified atom stereocenters. The van der Waals surface area contributed by atoms with E-state index in [2.05, 4.69) is 15.4 Å². The van der Waals surface area contributed by atoms with Crippen LogP contribution in [0.25, 0.3) is 11.4 Å². The van der Waals surface area contributed by atoms with E-state index in [1.54, 1.807) is 31.3 Å². The van der Waals surface area contributed by atoms with E-state index in [0.29, 0.717) is 44.9 Å². The molecule has 0 saturated heterocycles. The minimum atomic E-state index is -0.399. The maximum absolute atomic E-state index is 14.0. The highest BCUT2D eigenvalue weighted by Crippen LogP contribution is 2.31. The summed E-state index contributed by atoms with van der Waals surface area (Å²) in [4.78, 5) is 4.39. The summed E-state index contributed by atoms with van der Waals surface area (Å²) in [5.41, 5.74) is 13.6. The Bertz CT molecular complexity index is 983. The Kier molecular flexibility index (Phi) is 4.88. The van der Waals surface area contributed by atoms with Gasteiger partial charge in [-0.15, -0.1) is 5.10 Å². The number of aromatic nitrogens is 3. The Hall–Kier alpha value is -2.97. The summed E-state index contributed by atoms with van der Waals surface area (Å²) in [5, 5.41) is 15.1. The average Bonchev–Trinajstić information content (AvgIpc) is 2.98. The summed E-state index contributed by atoms with van der Waals surface area (Å²) in [6.45, 7) is 0.125. The fraction of sp³-hybridized carbons (Fsp3) is 0.118. The van der Waals surface area contributed by atoms with Crippen molar-refractivity contribution in [2.45, 2.75) is 6.54 Å². The normalized spacial score (nSPS) is 10.8. The van der Waals surface area contributed by atoms with Crippen LogP contribution in [0.15, 0.2) is 30.3 Å². The molecule has 7 nitrogen and oxygen atoms in total. The molecule has 0 radical (unpaired) electrons. The molecule has 6 N–H and O–H groups in total. The van der Waals surface area contributed by atoms with Crippen LogP contribution in [0.1, 0.15) is 11.1 Å². The van der Waals surface area contributed by atoms with Crippen molar-refractivity contribution < 1.29 is 4.39 Å². The molecule has 3 aromatic rings. The van der Waals surface area contributed by atoms with E-state index in [1.807, 2.05) is 0 Å². The Labute approximate surface area is 154 Å². The van der Waals surface area contributed by atoms with Gasteiger partial charge in [-0.2, -0.15) is 4.98 Å². The highest BCUT2D eigenvalue weighted by molar-refractivity contribution is 6.36. The zero-order valence-corrected chi connectivity index (χ0v) is 14.7. The summed E-state index contributed by atoms with van der Waals surface area (Å²) in [7, 11) is 1.70. The lowest BCUT2D eigenvalue weighted by Crippen LogP contribution is -2.03. The molecule has 9 heteroatoms. The predicted molar refractivity (Wildman–Crippen MR) is 101 cm³/mol. The molecule has 1 heterocycles. The Morgan fingerprint density at radius 1 is 1.35 bits per heavy atom. The number of hydrogen-bond donors (Lipinski definition) is 4. The van der Waals surface area contributed by atoms with Crippen LogP contribution in [-0.2, 0) is 13.6 Å². The summed E-state index contributed by atoms with van der Waals surface area (Å²) in [6, 6.07) is 8.02. The van der Waals surface area contributed by atoms with Crippen molar-refractivity contribution in [1.82, 2.24) is 14.8 Å². The number of nitrogens with zero attached hydrogens (tertiary/aromatic N) is 3. The Morgan fingerprint density at radius 3 is 2.77 bits per heavy atom. The highest BCUT2D eigenvalue weighted by atomic mass is 35.5. The van der Waals surface area contributed by atoms with E-state index in [1.165, 1.54) is 10.7 Å². The fourth-order valence-electron chi connectivity index (χ4n) is 2.44. The van der Waals surface area contributed by atoms with E-state index in [-0.39, 0.29) is 6.54 Å². The number of rotatable bonds is 5. The third-order valence-electron chi connectivity index (χ3n) is 3.90. The van der Waals surface area contributed by atoms with Gasteiger partial charge >= 0.3 is 0 Å². The molecular formula is C17H17ClFN7. The second-order valence-corrected chi connectivity index (χ2v) is 5.97. The third kappa shape index (κ3) is 3.24. The average molecular weight is 374 g/mol. The lowest BCUT2D eigenvalue weighted by Gasteiger charge is -2.10. The fourth-order valence-corrected chi connectivity index (χ4v) is 2.71. The maximum Gasteiger partial charge on any atom is 0.225 e. The van der Waals surface area contributed by atoms with Crippen LogP contribution in [-0.4, -0.2) is 21.0 Å². The quantitative estimate of drug-likeness (QED) is 0.405. The molecule has 0 fully saturated rings. The number of nitrogens with two attached hydrogens (primary N) is 2. The van der Waals surface area contributed by atoms with Crippen molar-refractivity contribution in [2.75, 3.05) is 11.1 Å². The smallest absolute Gasteiger partial charge is 0.225 e. The number of halogens is 2. The molecule has 0 bridgehead atoms. The van der Waals surface area contributed by atoms with Gasteiger partial charge in [0, 0.05) is 42.2 Å². The zero-order chi connectivity index (χ0) is 18.8. The number of anilines is 3. The predicted octanol–water partition coefficient (Wildman–Crippen LogP) is 3.06. The molecular weight excluding hydrogens is 357 g/mol. The van der Waals surface area contributed by atoms with Gasteiger partial charge in [-0.05, 0) is 18.2 Å². The van der Waals surface area contributed by atoms with Crippen LogP contribution >= 0.6 is 11.6 Å². The van der Waals surface area contributed by atoms with Gasteiger partial charge in [0.05, 0.1) is 10.7 Å². The highest BCUT2D eigenvalue weighted by Gasteiger charge is 2.14. The van der Waals surface area contributed by atoms with Crippen molar-refractivity contribution >= 4 is 35.1 Å². The molecule has 0 spiro atoms. The van der Waals surface area contributed by atoms with E-state index < -0.39 is 5.82 Å². The molecule has 26 heavy (non-hydrogen) atoms. The first-order chi connectivity index (χ1) is 12.4. The van der Waals surface area contributed by atoms with Crippen LogP contribution < -0.4 is 16.8 Å². The van der Waals surface area contributed by atoms with Crippen molar-refractivity contribution in [3.63, 3.8) is 0 Å². The molecule has 0 aliphatic carbocycles. The first kappa shape index (κ1) is 17.8. The molecule has 0 aliphatic rings. The number of hydrogen-bond acceptors (Lipinski definition) is 6. The van der Waals surface area contributed by atoms with Crippen LogP contribution in [0.4, 0.5) is 21.7 Å². The van der Waals surface area contributed by atoms with Crippen LogP contribution in [0, 0.1) is 11.2 Å². The summed E-state index contributed by atoms with van der Waals surface area (Å²) >= 11 is 6.28. The standard InChI is InChI=1S/C17H17ClFN7/c1-26-17(23-14-5-4-13(22)11(8-21)15(14)18)24-16(25-26)9-2-3-10(7-20)12(19)6-9/h2-6,8,21H,7,20,22H2,1H3,(H,23,24,25). The van der Waals surface area contributed by atoms with Gasteiger partial charge in [0.25, 0.3) is 0 Å². The molecule has 1 aromatic heterocycles. The molecule has 134 valence electrons. The Morgan fingerprint density at radius 2 is 2.12 bits per heavy atom. The molecule has 0 atom stereocenters. The molecule has 0 amide bonds. The van der Waals surface area contributed by atoms with Gasteiger partial charge in [0.2, 0.25) is 5.95 Å². The lowest BCUT2D eigenvalue weighted by molar-refractivity contribution is 0.611. The second-order valence-electron chi connectivity index (χ2n) is 5.59. The monoisotopic (exact) mass is 373 g/mol. The van der Waals surface area contributed by atoms with Crippen molar-refractivity contribution in [3.05, 3.63) is 52.3 Å². The summed E-state index contributed by atoms with van der Waals surface area (Å²) < 4.78 is 15.5. The van der Waals surface area contributed by atoms with Crippen LogP contribution in [0.3, 0.4) is 0 Å². The van der Waals surface area contributed by atoms with Crippen LogP contribution in [0.5, 0.6) is 0 Å². The summed E-state index contributed by atoms with van der Waals surface area (Å²) in [5.74, 6) is 0.367. The van der Waals surface area contributed by atoms with Gasteiger partial charge in [-0.25, -0.2) is 9.07 Å². The van der Waals surface area contributed by atoms with Gasteiger partial charge in [0.15, 0.2) is 5.82 Å². The molecule has 0 aliphatic heterocycles. The zero-order valence-electron chi connectivity index (χ0n) is 13.9. The van der Waals surface area contributed by atoms with Crippen molar-refractivity contribution in [3.8, 4) is 11.4 Å². The molecule has 2 aromatic carbocycles. The van der Waals surface area contributed by atoms with Gasteiger partial charge in [0.1, 0.15) is 5.82 Å². The number of nitrogens with one attached hydrogen (secondary N) is 2. The maximum atomic E-state index is 14.0. The molecule has 3 rings (SSSR count). The van der Waals surface area contributed by atoms with Gasteiger partial charge in [-0.1, -0.05) is 23.7 Å². The molecule has 0 saturated carbocycles. The minimum absolute atomic E-state index is 0.125. The first-order valence-electron chi connectivity index (χ1n) is 7.70. The SMILES string of the molecule is Cn1nc(-c2ccc(CN)c(F)c2)nc1Nc1ccc(N)c(C=N)c1Cl. The third-order valence-corrected chi connectivity index (χ3v) is 4.31. The first-order valence-corrected chi connectivity index (χ1v) is 8.07. The van der Waals surface area contributed by atoms with Crippen LogP contribution in [0.2, 0.25) is 5.02 Å². The van der Waals surface area contributed by atoms with E-state index in [9.17, 15) is 4.39 Å². The van der Waals surface area contributed by atoms with E-state index in [0.717, 1.165) is 6.21 Å².